The molecule has 9 heteroatoms. The highest BCUT2D eigenvalue weighted by molar-refractivity contribution is 7.87. The standard InChI is InChI=1S/C8H17N3O4S2/c1-4-15-8(12)10-17(13,14)11(3)5-6(2)7(9)16/h6H,4-5H2,1-3H3,(H2,9,16)(H,10,12). The third kappa shape index (κ3) is 5.80. The fraction of sp³-hybridized carbons (Fsp3) is 0.750. The first kappa shape index (κ1) is 16.1. The van der Waals surface area contributed by atoms with Gasteiger partial charge in [-0.25, -0.2) is 9.52 Å². The van der Waals surface area contributed by atoms with E-state index in [0.29, 0.717) is 0 Å². The summed E-state index contributed by atoms with van der Waals surface area (Å²) in [5.74, 6) is -0.284. The second-order valence-electron chi connectivity index (χ2n) is 3.41. The van der Waals surface area contributed by atoms with Crippen molar-refractivity contribution >= 4 is 33.5 Å². The van der Waals surface area contributed by atoms with Gasteiger partial charge in [0.15, 0.2) is 0 Å². The summed E-state index contributed by atoms with van der Waals surface area (Å²) in [5.41, 5.74) is 5.37. The van der Waals surface area contributed by atoms with Crippen molar-refractivity contribution in [3.8, 4) is 0 Å². The van der Waals surface area contributed by atoms with Crippen LogP contribution < -0.4 is 10.5 Å². The van der Waals surface area contributed by atoms with Crippen LogP contribution in [0.2, 0.25) is 0 Å². The molecule has 0 aromatic rings. The number of rotatable bonds is 6. The molecule has 0 radical (unpaired) electrons. The molecule has 100 valence electrons. The minimum atomic E-state index is -3.92. The molecule has 0 heterocycles. The zero-order valence-electron chi connectivity index (χ0n) is 9.97. The zero-order valence-corrected chi connectivity index (χ0v) is 11.6. The first-order valence-corrected chi connectivity index (χ1v) is 6.75. The van der Waals surface area contributed by atoms with E-state index in [9.17, 15) is 13.2 Å². The van der Waals surface area contributed by atoms with Crippen molar-refractivity contribution in [1.29, 1.82) is 0 Å². The number of carbonyl (C=O) groups excluding carboxylic acids is 1. The largest absolute Gasteiger partial charge is 0.449 e. The summed E-state index contributed by atoms with van der Waals surface area (Å²) in [5, 5.41) is 0. The lowest BCUT2D eigenvalue weighted by molar-refractivity contribution is 0.158. The molecule has 0 bridgehead atoms. The summed E-state index contributed by atoms with van der Waals surface area (Å²) in [4.78, 5) is 11.2. The Morgan fingerprint density at radius 3 is 2.53 bits per heavy atom. The Labute approximate surface area is 106 Å². The molecular weight excluding hydrogens is 266 g/mol. The van der Waals surface area contributed by atoms with Crippen molar-refractivity contribution in [3.05, 3.63) is 0 Å². The van der Waals surface area contributed by atoms with Crippen LogP contribution in [-0.2, 0) is 14.9 Å². The summed E-state index contributed by atoms with van der Waals surface area (Å²) in [6, 6.07) is 0. The molecule has 0 aliphatic rings. The molecule has 0 aromatic heterocycles. The van der Waals surface area contributed by atoms with Gasteiger partial charge in [-0.3, -0.25) is 0 Å². The molecule has 1 amide bonds. The SMILES string of the molecule is CCOC(=O)NS(=O)(=O)N(C)CC(C)C(N)=S. The molecule has 0 aliphatic carbocycles. The molecule has 0 fully saturated rings. The molecular formula is C8H17N3O4S2. The number of thiocarbonyl (C=S) groups is 1. The summed E-state index contributed by atoms with van der Waals surface area (Å²) >= 11 is 4.73. The number of hydrogen-bond donors (Lipinski definition) is 2. The molecule has 0 rings (SSSR count). The number of carbonyl (C=O) groups is 1. The minimum Gasteiger partial charge on any atom is -0.449 e. The van der Waals surface area contributed by atoms with Crippen molar-refractivity contribution in [2.45, 2.75) is 13.8 Å². The van der Waals surface area contributed by atoms with E-state index >= 15 is 0 Å². The minimum absolute atomic E-state index is 0.0874. The second kappa shape index (κ2) is 6.72. The average molecular weight is 283 g/mol. The molecule has 0 saturated heterocycles. The first-order valence-electron chi connectivity index (χ1n) is 4.90. The number of amides is 1. The fourth-order valence-corrected chi connectivity index (χ4v) is 1.84. The highest BCUT2D eigenvalue weighted by atomic mass is 32.2. The fourth-order valence-electron chi connectivity index (χ4n) is 0.918. The van der Waals surface area contributed by atoms with Crippen LogP contribution in [0.5, 0.6) is 0 Å². The van der Waals surface area contributed by atoms with Crippen molar-refractivity contribution in [2.75, 3.05) is 20.2 Å². The highest BCUT2D eigenvalue weighted by Gasteiger charge is 2.23. The second-order valence-corrected chi connectivity index (χ2v) is 5.66. The number of hydrogen-bond acceptors (Lipinski definition) is 5. The van der Waals surface area contributed by atoms with Gasteiger partial charge < -0.3 is 10.5 Å². The maximum atomic E-state index is 11.6. The van der Waals surface area contributed by atoms with E-state index < -0.39 is 16.3 Å². The van der Waals surface area contributed by atoms with Gasteiger partial charge in [-0.15, -0.1) is 0 Å². The molecule has 0 spiro atoms. The highest BCUT2D eigenvalue weighted by Crippen LogP contribution is 2.02. The van der Waals surface area contributed by atoms with E-state index in [2.05, 4.69) is 4.74 Å². The Kier molecular flexibility index (Phi) is 6.35. The monoisotopic (exact) mass is 283 g/mol. The Bertz CT molecular complexity index is 382. The molecule has 1 unspecified atom stereocenters. The van der Waals surface area contributed by atoms with E-state index in [1.165, 1.54) is 7.05 Å². The number of nitrogens with zero attached hydrogens (tertiary/aromatic N) is 1. The van der Waals surface area contributed by atoms with Crippen LogP contribution in [0, 0.1) is 5.92 Å². The molecule has 17 heavy (non-hydrogen) atoms. The van der Waals surface area contributed by atoms with Crippen LogP contribution in [0.15, 0.2) is 0 Å². The van der Waals surface area contributed by atoms with Crippen LogP contribution in [0.3, 0.4) is 0 Å². The third-order valence-corrected chi connectivity index (χ3v) is 3.71. The van der Waals surface area contributed by atoms with E-state index in [1.807, 2.05) is 0 Å². The van der Waals surface area contributed by atoms with E-state index in [4.69, 9.17) is 18.0 Å². The van der Waals surface area contributed by atoms with Gasteiger partial charge in [0.25, 0.3) is 0 Å². The van der Waals surface area contributed by atoms with Gasteiger partial charge in [-0.05, 0) is 6.92 Å². The van der Waals surface area contributed by atoms with E-state index in [0.717, 1.165) is 4.31 Å². The molecule has 3 N–H and O–H groups in total. The predicted octanol–water partition coefficient (Wildman–Crippen LogP) is -0.169. The number of ether oxygens (including phenoxy) is 1. The topological polar surface area (TPSA) is 102 Å². The third-order valence-electron chi connectivity index (χ3n) is 1.91. The lowest BCUT2D eigenvalue weighted by atomic mass is 10.2. The Hall–Kier alpha value is -0.930. The lowest BCUT2D eigenvalue weighted by Gasteiger charge is -2.20. The molecule has 0 aliphatic heterocycles. The van der Waals surface area contributed by atoms with Crippen LogP contribution >= 0.6 is 12.2 Å². The number of nitrogens with two attached hydrogens (primary N) is 1. The van der Waals surface area contributed by atoms with Crippen LogP contribution in [0.25, 0.3) is 0 Å². The Balaban J connectivity index is 4.50. The van der Waals surface area contributed by atoms with Gasteiger partial charge in [-0.1, -0.05) is 19.1 Å². The lowest BCUT2D eigenvalue weighted by Crippen LogP contribution is -2.44. The van der Waals surface area contributed by atoms with Crippen molar-refractivity contribution < 1.29 is 17.9 Å². The van der Waals surface area contributed by atoms with Crippen LogP contribution in [0.4, 0.5) is 4.79 Å². The Morgan fingerprint density at radius 1 is 1.59 bits per heavy atom. The smallest absolute Gasteiger partial charge is 0.421 e. The van der Waals surface area contributed by atoms with Gasteiger partial charge in [0.1, 0.15) is 0 Å². The van der Waals surface area contributed by atoms with Crippen molar-refractivity contribution in [2.24, 2.45) is 11.7 Å². The quantitative estimate of drug-likeness (QED) is 0.656. The molecule has 0 saturated carbocycles. The van der Waals surface area contributed by atoms with Gasteiger partial charge in [0.2, 0.25) is 0 Å². The zero-order chi connectivity index (χ0) is 13.6. The summed E-state index contributed by atoms with van der Waals surface area (Å²) in [6.45, 7) is 3.45. The normalized spacial score (nSPS) is 13.2. The Morgan fingerprint density at radius 2 is 2.12 bits per heavy atom. The maximum Gasteiger partial charge on any atom is 0.421 e. The van der Waals surface area contributed by atoms with E-state index in [1.54, 1.807) is 18.6 Å². The molecule has 1 atom stereocenters. The summed E-state index contributed by atoms with van der Waals surface area (Å²) in [6.07, 6.45) is -1.01. The van der Waals surface area contributed by atoms with Crippen molar-refractivity contribution in [1.82, 2.24) is 9.03 Å². The van der Waals surface area contributed by atoms with E-state index in [-0.39, 0.29) is 24.1 Å². The maximum absolute atomic E-state index is 11.6. The van der Waals surface area contributed by atoms with Crippen LogP contribution in [-0.4, -0.2) is 44.0 Å². The molecule has 7 nitrogen and oxygen atoms in total. The molecule has 0 aromatic carbocycles. The summed E-state index contributed by atoms with van der Waals surface area (Å²) in [7, 11) is -2.60. The van der Waals surface area contributed by atoms with Gasteiger partial charge in [0.05, 0.1) is 11.6 Å². The van der Waals surface area contributed by atoms with Crippen molar-refractivity contribution in [3.63, 3.8) is 0 Å². The average Bonchev–Trinajstić information content (AvgIpc) is 2.16. The first-order chi connectivity index (χ1) is 7.70. The number of nitrogens with one attached hydrogen (secondary N) is 1. The summed E-state index contributed by atoms with van der Waals surface area (Å²) < 4.78 is 30.4. The van der Waals surface area contributed by atoms with Crippen LogP contribution in [0.1, 0.15) is 13.8 Å². The van der Waals surface area contributed by atoms with Gasteiger partial charge >= 0.3 is 16.3 Å². The van der Waals surface area contributed by atoms with Gasteiger partial charge in [-0.2, -0.15) is 12.7 Å². The van der Waals surface area contributed by atoms with Gasteiger partial charge in [0, 0.05) is 19.5 Å². The predicted molar refractivity (Wildman–Crippen MR) is 67.7 cm³/mol.